The maximum absolute atomic E-state index is 11.9. The third-order valence-corrected chi connectivity index (χ3v) is 5.09. The molecule has 3 aromatic rings. The zero-order valence-electron chi connectivity index (χ0n) is 17.9. The van der Waals surface area contributed by atoms with Gasteiger partial charge in [0.05, 0.1) is 6.33 Å². The largest absolute Gasteiger partial charge is 0.444 e. The smallest absolute Gasteiger partial charge is 0.407 e. The molecule has 1 atom stereocenters. The van der Waals surface area contributed by atoms with Gasteiger partial charge in [-0.3, -0.25) is 4.57 Å². The van der Waals surface area contributed by atoms with Crippen LogP contribution in [0.25, 0.3) is 22.4 Å². The number of halogens is 1. The molecule has 31 heavy (non-hydrogen) atoms. The average molecular weight is 444 g/mol. The van der Waals surface area contributed by atoms with Crippen molar-refractivity contribution in [3.05, 3.63) is 41.4 Å². The third-order valence-electron chi connectivity index (χ3n) is 4.92. The molecule has 1 N–H and O–H groups in total. The molecule has 1 saturated heterocycles. The van der Waals surface area contributed by atoms with Gasteiger partial charge in [-0.1, -0.05) is 24.3 Å². The summed E-state index contributed by atoms with van der Waals surface area (Å²) in [5.41, 5.74) is 3.28. The first kappa shape index (κ1) is 21.5. The number of carbonyl (C=O) groups excluding carboxylic acids is 1. The molecule has 0 radical (unpaired) electrons. The van der Waals surface area contributed by atoms with E-state index in [0.717, 1.165) is 37.0 Å². The van der Waals surface area contributed by atoms with Gasteiger partial charge in [0.15, 0.2) is 5.65 Å². The Hall–Kier alpha value is -2.71. The molecule has 1 aliphatic heterocycles. The van der Waals surface area contributed by atoms with Gasteiger partial charge in [-0.2, -0.15) is 4.98 Å². The van der Waals surface area contributed by atoms with Crippen molar-refractivity contribution in [2.24, 2.45) is 0 Å². The molecule has 1 fully saturated rings. The highest BCUT2D eigenvalue weighted by Crippen LogP contribution is 2.31. The van der Waals surface area contributed by atoms with Gasteiger partial charge in [0.1, 0.15) is 23.0 Å². The Labute approximate surface area is 185 Å². The lowest BCUT2D eigenvalue weighted by molar-refractivity contribution is -0.0298. The summed E-state index contributed by atoms with van der Waals surface area (Å²) in [5.74, 6) is 0. The van der Waals surface area contributed by atoms with Crippen molar-refractivity contribution < 1.29 is 14.3 Å². The number of nitrogens with one attached hydrogen (secondary N) is 1. The molecule has 0 spiro atoms. The Bertz CT molecular complexity index is 1070. The number of carbonyl (C=O) groups is 1. The fourth-order valence-corrected chi connectivity index (χ4v) is 3.68. The van der Waals surface area contributed by atoms with Crippen LogP contribution in [-0.2, 0) is 16.0 Å². The van der Waals surface area contributed by atoms with Crippen LogP contribution in [0.2, 0.25) is 5.28 Å². The van der Waals surface area contributed by atoms with Crippen molar-refractivity contribution in [1.82, 2.24) is 24.8 Å². The highest BCUT2D eigenvalue weighted by atomic mass is 35.5. The number of aromatic nitrogens is 4. The second-order valence-corrected chi connectivity index (χ2v) is 8.88. The van der Waals surface area contributed by atoms with Crippen molar-refractivity contribution in [3.63, 3.8) is 0 Å². The minimum Gasteiger partial charge on any atom is -0.444 e. The molecule has 0 bridgehead atoms. The molecule has 0 aliphatic carbocycles. The standard InChI is InChI=1S/C22H26ClN5O3/c1-22(2,3)31-21(29)24-12-14-7-9-15(10-8-14)17-18-19(27-20(23)26-17)28(13-25-18)16-6-4-5-11-30-16/h7-10,13,16H,4-6,11-12H2,1-3H3,(H,24,29). The maximum atomic E-state index is 11.9. The Kier molecular flexibility index (Phi) is 6.11. The van der Waals surface area contributed by atoms with Gasteiger partial charge < -0.3 is 14.8 Å². The lowest BCUT2D eigenvalue weighted by Crippen LogP contribution is -2.32. The molecule has 1 aromatic carbocycles. The predicted octanol–water partition coefficient (Wildman–Crippen LogP) is 4.87. The molecule has 1 aliphatic rings. The number of alkyl carbamates (subject to hydrolysis) is 1. The zero-order chi connectivity index (χ0) is 22.0. The van der Waals surface area contributed by atoms with Crippen molar-refractivity contribution in [1.29, 1.82) is 0 Å². The molecule has 164 valence electrons. The minimum atomic E-state index is -0.530. The van der Waals surface area contributed by atoms with Crippen molar-refractivity contribution in [2.75, 3.05) is 6.61 Å². The van der Waals surface area contributed by atoms with E-state index in [0.29, 0.717) is 23.4 Å². The number of ether oxygens (including phenoxy) is 2. The molecular formula is C22H26ClN5O3. The molecule has 9 heteroatoms. The van der Waals surface area contributed by atoms with E-state index in [4.69, 9.17) is 21.1 Å². The van der Waals surface area contributed by atoms with Gasteiger partial charge in [-0.05, 0) is 57.2 Å². The Morgan fingerprint density at radius 2 is 2.03 bits per heavy atom. The van der Waals surface area contributed by atoms with E-state index in [2.05, 4.69) is 20.3 Å². The van der Waals surface area contributed by atoms with Crippen LogP contribution in [0.4, 0.5) is 4.79 Å². The summed E-state index contributed by atoms with van der Waals surface area (Å²) in [6, 6.07) is 7.71. The second-order valence-electron chi connectivity index (χ2n) is 8.54. The summed E-state index contributed by atoms with van der Waals surface area (Å²) < 4.78 is 13.1. The molecule has 1 unspecified atom stereocenters. The monoisotopic (exact) mass is 443 g/mol. The lowest BCUT2D eigenvalue weighted by atomic mass is 10.1. The SMILES string of the molecule is CC(C)(C)OC(=O)NCc1ccc(-c2nc(Cl)nc3c2ncn3C2CCCCO2)cc1. The van der Waals surface area contributed by atoms with E-state index in [1.54, 1.807) is 6.33 Å². The fourth-order valence-electron chi connectivity index (χ4n) is 3.51. The third kappa shape index (κ3) is 5.14. The van der Waals surface area contributed by atoms with Crippen LogP contribution in [-0.4, -0.2) is 37.8 Å². The lowest BCUT2D eigenvalue weighted by Gasteiger charge is -2.23. The molecule has 3 heterocycles. The first-order chi connectivity index (χ1) is 14.8. The van der Waals surface area contributed by atoms with Crippen LogP contribution in [0.3, 0.4) is 0 Å². The zero-order valence-corrected chi connectivity index (χ0v) is 18.6. The maximum Gasteiger partial charge on any atom is 0.407 e. The fraction of sp³-hybridized carbons (Fsp3) is 0.455. The highest BCUT2D eigenvalue weighted by Gasteiger charge is 2.21. The van der Waals surface area contributed by atoms with E-state index in [9.17, 15) is 4.79 Å². The van der Waals surface area contributed by atoms with Gasteiger partial charge >= 0.3 is 6.09 Å². The van der Waals surface area contributed by atoms with Crippen LogP contribution in [0.15, 0.2) is 30.6 Å². The number of hydrogen-bond donors (Lipinski definition) is 1. The van der Waals surface area contributed by atoms with E-state index in [1.807, 2.05) is 49.6 Å². The number of fused-ring (bicyclic) bond motifs is 1. The van der Waals surface area contributed by atoms with Crippen LogP contribution >= 0.6 is 11.6 Å². The topological polar surface area (TPSA) is 91.2 Å². The number of imidazole rings is 1. The number of amides is 1. The average Bonchev–Trinajstić information content (AvgIpc) is 3.15. The number of benzene rings is 1. The van der Waals surface area contributed by atoms with E-state index >= 15 is 0 Å². The van der Waals surface area contributed by atoms with Gasteiger partial charge in [-0.15, -0.1) is 0 Å². The molecular weight excluding hydrogens is 418 g/mol. The van der Waals surface area contributed by atoms with Gasteiger partial charge in [0.25, 0.3) is 0 Å². The van der Waals surface area contributed by atoms with Crippen molar-refractivity contribution in [3.8, 4) is 11.3 Å². The summed E-state index contributed by atoms with van der Waals surface area (Å²) in [5, 5.41) is 2.92. The summed E-state index contributed by atoms with van der Waals surface area (Å²) in [4.78, 5) is 25.2. The highest BCUT2D eigenvalue weighted by molar-refractivity contribution is 6.28. The molecule has 2 aromatic heterocycles. The number of hydrogen-bond acceptors (Lipinski definition) is 6. The summed E-state index contributed by atoms with van der Waals surface area (Å²) >= 11 is 6.24. The molecule has 0 saturated carbocycles. The summed E-state index contributed by atoms with van der Waals surface area (Å²) in [6.07, 6.45) is 4.31. The van der Waals surface area contributed by atoms with Crippen molar-refractivity contribution >= 4 is 28.9 Å². The first-order valence-electron chi connectivity index (χ1n) is 10.4. The van der Waals surface area contributed by atoms with Gasteiger partial charge in [0.2, 0.25) is 5.28 Å². The predicted molar refractivity (Wildman–Crippen MR) is 118 cm³/mol. The molecule has 1 amide bonds. The first-order valence-corrected chi connectivity index (χ1v) is 10.8. The minimum absolute atomic E-state index is 0.0844. The second kappa shape index (κ2) is 8.80. The normalized spacial score (nSPS) is 17.0. The Morgan fingerprint density at radius 3 is 2.71 bits per heavy atom. The van der Waals surface area contributed by atoms with Crippen LogP contribution in [0.5, 0.6) is 0 Å². The van der Waals surface area contributed by atoms with Gasteiger partial charge in [0, 0.05) is 18.7 Å². The van der Waals surface area contributed by atoms with E-state index in [1.165, 1.54) is 0 Å². The summed E-state index contributed by atoms with van der Waals surface area (Å²) in [6.45, 7) is 6.58. The quantitative estimate of drug-likeness (QED) is 0.578. The number of rotatable bonds is 4. The molecule has 4 rings (SSSR count). The Morgan fingerprint density at radius 1 is 1.26 bits per heavy atom. The van der Waals surface area contributed by atoms with Crippen LogP contribution in [0, 0.1) is 0 Å². The van der Waals surface area contributed by atoms with Crippen molar-refractivity contribution in [2.45, 2.75) is 58.4 Å². The van der Waals surface area contributed by atoms with Crippen LogP contribution < -0.4 is 5.32 Å². The van der Waals surface area contributed by atoms with E-state index < -0.39 is 11.7 Å². The summed E-state index contributed by atoms with van der Waals surface area (Å²) in [7, 11) is 0. The Balaban J connectivity index is 1.54. The van der Waals surface area contributed by atoms with Crippen LogP contribution in [0.1, 0.15) is 51.8 Å². The molecule has 8 nitrogen and oxygen atoms in total. The number of nitrogens with zero attached hydrogens (tertiary/aromatic N) is 4. The van der Waals surface area contributed by atoms with E-state index in [-0.39, 0.29) is 11.5 Å². The van der Waals surface area contributed by atoms with Gasteiger partial charge in [-0.25, -0.2) is 14.8 Å².